The average Bonchev–Trinajstić information content (AvgIpc) is 3.16. The molecule has 35 heavy (non-hydrogen) atoms. The zero-order chi connectivity index (χ0) is 24.8. The van der Waals surface area contributed by atoms with E-state index in [9.17, 15) is 14.7 Å². The minimum atomic E-state index is -0.717. The van der Waals surface area contributed by atoms with Crippen LogP contribution in [0.4, 0.5) is 0 Å². The fourth-order valence-corrected chi connectivity index (χ4v) is 4.24. The Labute approximate surface area is 205 Å². The topological polar surface area (TPSA) is 76.1 Å². The summed E-state index contributed by atoms with van der Waals surface area (Å²) < 4.78 is 11.0. The zero-order valence-corrected chi connectivity index (χ0v) is 19.9. The van der Waals surface area contributed by atoms with E-state index in [1.54, 1.807) is 29.2 Å². The molecule has 1 unspecified atom stereocenters. The van der Waals surface area contributed by atoms with Gasteiger partial charge in [-0.25, -0.2) is 0 Å². The number of amides is 1. The summed E-state index contributed by atoms with van der Waals surface area (Å²) in [6.07, 6.45) is 1.48. The third-order valence-corrected chi connectivity index (χ3v) is 6.04. The molecule has 6 heteroatoms. The SMILES string of the molecule is CCCOc1ccc(C2C(=C(O)c3cccc(OC)c3)C(=O)C(=O)N2CCc2ccccc2)cc1. The molecule has 1 N–H and O–H groups in total. The van der Waals surface area contributed by atoms with E-state index < -0.39 is 17.7 Å². The number of ether oxygens (including phenoxy) is 2. The molecule has 1 atom stereocenters. The Hall–Kier alpha value is -4.06. The molecule has 1 fully saturated rings. The van der Waals surface area contributed by atoms with E-state index >= 15 is 0 Å². The smallest absolute Gasteiger partial charge is 0.295 e. The first kappa shape index (κ1) is 24.1. The summed E-state index contributed by atoms with van der Waals surface area (Å²) in [7, 11) is 1.53. The summed E-state index contributed by atoms with van der Waals surface area (Å²) in [5.74, 6) is -0.289. The predicted octanol–water partition coefficient (Wildman–Crippen LogP) is 5.15. The lowest BCUT2D eigenvalue weighted by Crippen LogP contribution is -2.31. The summed E-state index contributed by atoms with van der Waals surface area (Å²) in [5.41, 5.74) is 2.27. The molecule has 4 rings (SSSR count). The quantitative estimate of drug-likeness (QED) is 0.265. The Kier molecular flexibility index (Phi) is 7.51. The van der Waals surface area contributed by atoms with Crippen LogP contribution in [0.1, 0.15) is 36.1 Å². The minimum absolute atomic E-state index is 0.0681. The summed E-state index contributed by atoms with van der Waals surface area (Å²) >= 11 is 0. The van der Waals surface area contributed by atoms with E-state index in [0.29, 0.717) is 36.6 Å². The van der Waals surface area contributed by atoms with Crippen LogP contribution in [0.15, 0.2) is 84.4 Å². The molecule has 1 saturated heterocycles. The molecule has 1 heterocycles. The molecule has 3 aromatic rings. The normalized spacial score (nSPS) is 17.0. The Morgan fingerprint density at radius 1 is 0.943 bits per heavy atom. The number of ketones is 1. The molecular weight excluding hydrogens is 442 g/mol. The van der Waals surface area contributed by atoms with E-state index in [4.69, 9.17) is 9.47 Å². The number of hydrogen-bond donors (Lipinski definition) is 1. The molecule has 0 radical (unpaired) electrons. The van der Waals surface area contributed by atoms with E-state index in [-0.39, 0.29) is 11.3 Å². The largest absolute Gasteiger partial charge is 0.507 e. The van der Waals surface area contributed by atoms with Crippen molar-refractivity contribution in [3.8, 4) is 11.5 Å². The third kappa shape index (κ3) is 5.22. The lowest BCUT2D eigenvalue weighted by molar-refractivity contribution is -0.139. The van der Waals surface area contributed by atoms with Crippen molar-refractivity contribution < 1.29 is 24.2 Å². The third-order valence-electron chi connectivity index (χ3n) is 6.04. The zero-order valence-electron chi connectivity index (χ0n) is 19.9. The number of carbonyl (C=O) groups is 2. The van der Waals surface area contributed by atoms with Gasteiger partial charge in [0.1, 0.15) is 17.3 Å². The van der Waals surface area contributed by atoms with Gasteiger partial charge in [0.15, 0.2) is 0 Å². The maximum atomic E-state index is 13.2. The van der Waals surface area contributed by atoms with Crippen LogP contribution >= 0.6 is 0 Å². The monoisotopic (exact) mass is 471 g/mol. The number of methoxy groups -OCH3 is 1. The molecule has 0 aliphatic carbocycles. The van der Waals surface area contributed by atoms with Crippen molar-refractivity contribution in [3.63, 3.8) is 0 Å². The molecule has 0 spiro atoms. The summed E-state index contributed by atoms with van der Waals surface area (Å²) in [5, 5.41) is 11.2. The first-order valence-electron chi connectivity index (χ1n) is 11.7. The van der Waals surface area contributed by atoms with Crippen LogP contribution in [0, 0.1) is 0 Å². The molecule has 6 nitrogen and oxygen atoms in total. The lowest BCUT2D eigenvalue weighted by Gasteiger charge is -2.25. The van der Waals surface area contributed by atoms with Crippen molar-refractivity contribution in [3.05, 3.63) is 101 Å². The Morgan fingerprint density at radius 2 is 1.69 bits per heavy atom. The average molecular weight is 472 g/mol. The van der Waals surface area contributed by atoms with E-state index in [1.165, 1.54) is 7.11 Å². The van der Waals surface area contributed by atoms with Gasteiger partial charge in [-0.05, 0) is 48.2 Å². The number of nitrogens with zero attached hydrogens (tertiary/aromatic N) is 1. The van der Waals surface area contributed by atoms with Crippen molar-refractivity contribution in [1.29, 1.82) is 0 Å². The molecule has 1 amide bonds. The maximum absolute atomic E-state index is 13.2. The highest BCUT2D eigenvalue weighted by Crippen LogP contribution is 2.40. The van der Waals surface area contributed by atoms with Crippen molar-refractivity contribution in [1.82, 2.24) is 4.90 Å². The van der Waals surface area contributed by atoms with Crippen molar-refractivity contribution in [2.24, 2.45) is 0 Å². The highest BCUT2D eigenvalue weighted by molar-refractivity contribution is 6.46. The van der Waals surface area contributed by atoms with Gasteiger partial charge in [-0.3, -0.25) is 9.59 Å². The molecule has 180 valence electrons. The second kappa shape index (κ2) is 10.9. The van der Waals surface area contributed by atoms with Crippen molar-refractivity contribution >= 4 is 17.4 Å². The van der Waals surface area contributed by atoms with Gasteiger partial charge in [0.2, 0.25) is 0 Å². The molecule has 0 bridgehead atoms. The number of benzene rings is 3. The second-order valence-corrected chi connectivity index (χ2v) is 8.38. The standard InChI is InChI=1S/C29H29NO5/c1-3-18-35-23-14-12-21(13-15-23)26-25(27(31)22-10-7-11-24(19-22)34-2)28(32)29(33)30(26)17-16-20-8-5-4-6-9-20/h4-15,19,26,31H,3,16-18H2,1-2H3. The van der Waals surface area contributed by atoms with E-state index in [0.717, 1.165) is 17.5 Å². The molecule has 1 aliphatic rings. The fourth-order valence-electron chi connectivity index (χ4n) is 4.24. The molecule has 1 aliphatic heterocycles. The number of carbonyl (C=O) groups excluding carboxylic acids is 2. The molecule has 0 aromatic heterocycles. The number of likely N-dealkylation sites (tertiary alicyclic amines) is 1. The van der Waals surface area contributed by atoms with Gasteiger partial charge in [-0.2, -0.15) is 0 Å². The first-order chi connectivity index (χ1) is 17.0. The van der Waals surface area contributed by atoms with E-state index in [2.05, 4.69) is 0 Å². The number of Topliss-reactive ketones (excluding diaryl/α,β-unsaturated/α-hetero) is 1. The maximum Gasteiger partial charge on any atom is 0.295 e. The van der Waals surface area contributed by atoms with Crippen molar-refractivity contribution in [2.45, 2.75) is 25.8 Å². The fraction of sp³-hybridized carbons (Fsp3) is 0.241. The predicted molar refractivity (Wildman–Crippen MR) is 134 cm³/mol. The van der Waals surface area contributed by atoms with Crippen LogP contribution in [0.25, 0.3) is 5.76 Å². The van der Waals surface area contributed by atoms with E-state index in [1.807, 2.05) is 61.5 Å². The number of hydrogen-bond acceptors (Lipinski definition) is 5. The first-order valence-corrected chi connectivity index (χ1v) is 11.7. The highest BCUT2D eigenvalue weighted by Gasteiger charge is 2.45. The van der Waals surface area contributed by atoms with Crippen LogP contribution in [0.3, 0.4) is 0 Å². The Balaban J connectivity index is 1.75. The van der Waals surface area contributed by atoms with Gasteiger partial charge in [0, 0.05) is 12.1 Å². The van der Waals surface area contributed by atoms with Gasteiger partial charge in [0.25, 0.3) is 11.7 Å². The van der Waals surface area contributed by atoms with Crippen molar-refractivity contribution in [2.75, 3.05) is 20.3 Å². The molecule has 3 aromatic carbocycles. The molecule has 0 saturated carbocycles. The minimum Gasteiger partial charge on any atom is -0.507 e. The number of aliphatic hydroxyl groups excluding tert-OH is 1. The number of rotatable bonds is 9. The van der Waals surface area contributed by atoms with Gasteiger partial charge >= 0.3 is 0 Å². The van der Waals surface area contributed by atoms with Gasteiger partial charge in [-0.15, -0.1) is 0 Å². The van der Waals surface area contributed by atoms with Gasteiger partial charge in [-0.1, -0.05) is 61.5 Å². The summed E-state index contributed by atoms with van der Waals surface area (Å²) in [4.78, 5) is 27.9. The molecular formula is C29H29NO5. The van der Waals surface area contributed by atoms with Crippen LogP contribution in [0.5, 0.6) is 11.5 Å². The Bertz CT molecular complexity index is 1220. The van der Waals surface area contributed by atoms with Crippen LogP contribution in [-0.2, 0) is 16.0 Å². The van der Waals surface area contributed by atoms with Crippen LogP contribution in [-0.4, -0.2) is 42.0 Å². The van der Waals surface area contributed by atoms with Crippen LogP contribution < -0.4 is 9.47 Å². The number of aliphatic hydroxyl groups is 1. The Morgan fingerprint density at radius 3 is 2.37 bits per heavy atom. The van der Waals surface area contributed by atoms with Crippen LogP contribution in [0.2, 0.25) is 0 Å². The summed E-state index contributed by atoms with van der Waals surface area (Å²) in [6, 6.07) is 23.2. The van der Waals surface area contributed by atoms with Gasteiger partial charge < -0.3 is 19.5 Å². The lowest BCUT2D eigenvalue weighted by atomic mass is 9.95. The highest BCUT2D eigenvalue weighted by atomic mass is 16.5. The second-order valence-electron chi connectivity index (χ2n) is 8.38. The van der Waals surface area contributed by atoms with Gasteiger partial charge in [0.05, 0.1) is 25.3 Å². The summed E-state index contributed by atoms with van der Waals surface area (Å²) in [6.45, 7) is 2.97.